The monoisotopic (exact) mass is 323 g/mol. The molecule has 0 spiro atoms. The van der Waals surface area contributed by atoms with Crippen LogP contribution in [0.15, 0.2) is 53.7 Å². The second-order valence-corrected chi connectivity index (χ2v) is 7.07. The minimum absolute atomic E-state index is 0.839. The van der Waals surface area contributed by atoms with Crippen LogP contribution < -0.4 is 0 Å². The average molecular weight is 323 g/mol. The highest BCUT2D eigenvalue weighted by Crippen LogP contribution is 2.35. The van der Waals surface area contributed by atoms with E-state index in [1.165, 1.54) is 0 Å². The highest BCUT2D eigenvalue weighted by molar-refractivity contribution is 7.84. The van der Waals surface area contributed by atoms with Gasteiger partial charge in [-0.05, 0) is 30.7 Å². The fourth-order valence-corrected chi connectivity index (χ4v) is 3.65. The summed E-state index contributed by atoms with van der Waals surface area (Å²) in [4.78, 5) is 9.84. The molecule has 1 atom stereocenters. The first-order chi connectivity index (χ1) is 11.2. The Kier molecular flexibility index (Phi) is 3.58. The largest absolute Gasteiger partial charge is 0.327 e. The number of fused-ring (bicyclic) bond motifs is 1. The summed E-state index contributed by atoms with van der Waals surface area (Å²) in [5, 5.41) is 0. The van der Waals surface area contributed by atoms with E-state index in [1.807, 2.05) is 48.8 Å². The van der Waals surface area contributed by atoms with Crippen LogP contribution in [0.2, 0.25) is 0 Å². The predicted octanol–water partition coefficient (Wildman–Crippen LogP) is 3.30. The molecule has 1 aromatic carbocycles. The summed E-state index contributed by atoms with van der Waals surface area (Å²) in [6.07, 6.45) is 7.50. The summed E-state index contributed by atoms with van der Waals surface area (Å²) in [5.74, 6) is 1.15. The maximum absolute atomic E-state index is 11.6. The molecule has 3 heterocycles. The van der Waals surface area contributed by atoms with Crippen molar-refractivity contribution in [1.82, 2.24) is 14.5 Å². The highest BCUT2D eigenvalue weighted by Gasteiger charge is 2.23. The van der Waals surface area contributed by atoms with Crippen molar-refractivity contribution in [2.24, 2.45) is 0 Å². The van der Waals surface area contributed by atoms with Gasteiger partial charge < -0.3 is 4.57 Å². The quantitative estimate of drug-likeness (QED) is 0.743. The zero-order chi connectivity index (χ0) is 15.8. The van der Waals surface area contributed by atoms with E-state index < -0.39 is 10.8 Å². The fraction of sp³-hybridized carbons (Fsp3) is 0.222. The van der Waals surface area contributed by atoms with E-state index in [0.717, 1.165) is 52.6 Å². The molecule has 116 valence electrons. The summed E-state index contributed by atoms with van der Waals surface area (Å²) < 4.78 is 13.9. The van der Waals surface area contributed by atoms with E-state index in [4.69, 9.17) is 4.98 Å². The Morgan fingerprint density at radius 3 is 2.48 bits per heavy atom. The molecule has 4 rings (SSSR count). The van der Waals surface area contributed by atoms with Crippen LogP contribution in [0.25, 0.3) is 22.5 Å². The van der Waals surface area contributed by atoms with Gasteiger partial charge in [0.2, 0.25) is 0 Å². The Bertz CT molecular complexity index is 869. The van der Waals surface area contributed by atoms with Crippen LogP contribution in [0.4, 0.5) is 0 Å². The van der Waals surface area contributed by atoms with Crippen LogP contribution in [0.5, 0.6) is 0 Å². The van der Waals surface area contributed by atoms with E-state index in [1.54, 1.807) is 6.26 Å². The lowest BCUT2D eigenvalue weighted by Gasteiger charge is -2.08. The number of aromatic nitrogens is 3. The van der Waals surface area contributed by atoms with Crippen LogP contribution in [0.3, 0.4) is 0 Å². The number of benzene rings is 1. The highest BCUT2D eigenvalue weighted by atomic mass is 32.2. The summed E-state index contributed by atoms with van der Waals surface area (Å²) in [7, 11) is -0.958. The Hall–Kier alpha value is -2.27. The van der Waals surface area contributed by atoms with Gasteiger partial charge in [0.15, 0.2) is 0 Å². The molecule has 0 bridgehead atoms. The number of hydrogen-bond donors (Lipinski definition) is 0. The Labute approximate surface area is 137 Å². The average Bonchev–Trinajstić information content (AvgIpc) is 3.16. The lowest BCUT2D eigenvalue weighted by atomic mass is 10.1. The maximum Gasteiger partial charge on any atom is 0.109 e. The minimum atomic E-state index is -0.958. The molecule has 1 aliphatic rings. The molecule has 2 aromatic heterocycles. The fourth-order valence-electron chi connectivity index (χ4n) is 3.13. The Morgan fingerprint density at radius 1 is 1.04 bits per heavy atom. The van der Waals surface area contributed by atoms with E-state index in [0.29, 0.717) is 0 Å². The zero-order valence-corrected chi connectivity index (χ0v) is 13.7. The second-order valence-electron chi connectivity index (χ2n) is 5.69. The van der Waals surface area contributed by atoms with Crippen molar-refractivity contribution in [3.63, 3.8) is 0 Å². The van der Waals surface area contributed by atoms with Gasteiger partial charge in [-0.25, -0.2) is 4.98 Å². The van der Waals surface area contributed by atoms with Gasteiger partial charge in [-0.15, -0.1) is 0 Å². The van der Waals surface area contributed by atoms with Crippen LogP contribution in [-0.2, 0) is 23.8 Å². The first-order valence-electron chi connectivity index (χ1n) is 7.68. The van der Waals surface area contributed by atoms with E-state index in [9.17, 15) is 4.21 Å². The number of aryl methyl sites for hydroxylation is 1. The zero-order valence-electron chi connectivity index (χ0n) is 12.9. The van der Waals surface area contributed by atoms with Crippen molar-refractivity contribution in [1.29, 1.82) is 0 Å². The molecule has 5 heteroatoms. The lowest BCUT2D eigenvalue weighted by molar-refractivity contribution is 0.687. The normalized spacial score (nSPS) is 14.7. The standard InChI is InChI=1S/C18H17N3OS/c1-23(22)15-6-4-13(5-7-15)17-18(14-8-10-19-11-9-14)21-12-2-3-16(21)20-17/h4-11H,2-3,12H2,1H3. The molecule has 0 amide bonds. The third-order valence-corrected chi connectivity index (χ3v) is 5.18. The molecule has 0 radical (unpaired) electrons. The van der Waals surface area contributed by atoms with Crippen LogP contribution in [-0.4, -0.2) is 25.0 Å². The van der Waals surface area contributed by atoms with Gasteiger partial charge >= 0.3 is 0 Å². The number of imidazole rings is 1. The summed E-state index contributed by atoms with van der Waals surface area (Å²) in [6.45, 7) is 1.01. The number of nitrogens with zero attached hydrogens (tertiary/aromatic N) is 3. The molecule has 0 fully saturated rings. The van der Waals surface area contributed by atoms with Crippen LogP contribution >= 0.6 is 0 Å². The smallest absolute Gasteiger partial charge is 0.109 e. The molecule has 1 aliphatic heterocycles. The third-order valence-electron chi connectivity index (χ3n) is 4.24. The first kappa shape index (κ1) is 14.3. The molecule has 3 aromatic rings. The third kappa shape index (κ3) is 2.51. The van der Waals surface area contributed by atoms with Crippen molar-refractivity contribution in [3.8, 4) is 22.5 Å². The summed E-state index contributed by atoms with van der Waals surface area (Å²) in [6, 6.07) is 11.9. The topological polar surface area (TPSA) is 47.8 Å². The number of rotatable bonds is 3. The van der Waals surface area contributed by atoms with Crippen molar-refractivity contribution in [2.45, 2.75) is 24.3 Å². The van der Waals surface area contributed by atoms with Gasteiger partial charge in [0.25, 0.3) is 0 Å². The van der Waals surface area contributed by atoms with Gasteiger partial charge in [-0.3, -0.25) is 9.19 Å². The molecule has 0 saturated carbocycles. The summed E-state index contributed by atoms with van der Waals surface area (Å²) in [5.41, 5.74) is 4.36. The molecule has 1 unspecified atom stereocenters. The van der Waals surface area contributed by atoms with Crippen molar-refractivity contribution in [2.75, 3.05) is 6.26 Å². The molecule has 0 aliphatic carbocycles. The molecule has 0 N–H and O–H groups in total. The van der Waals surface area contributed by atoms with Crippen LogP contribution in [0, 0.1) is 0 Å². The van der Waals surface area contributed by atoms with Crippen molar-refractivity contribution < 1.29 is 4.21 Å². The lowest BCUT2D eigenvalue weighted by Crippen LogP contribution is -1.96. The first-order valence-corrected chi connectivity index (χ1v) is 9.23. The van der Waals surface area contributed by atoms with Crippen molar-refractivity contribution in [3.05, 3.63) is 54.6 Å². The molecule has 0 saturated heterocycles. The molecule has 23 heavy (non-hydrogen) atoms. The molecular weight excluding hydrogens is 306 g/mol. The van der Waals surface area contributed by atoms with Crippen LogP contribution in [0.1, 0.15) is 12.2 Å². The number of pyridine rings is 1. The maximum atomic E-state index is 11.6. The molecule has 4 nitrogen and oxygen atoms in total. The minimum Gasteiger partial charge on any atom is -0.327 e. The van der Waals surface area contributed by atoms with E-state index >= 15 is 0 Å². The van der Waals surface area contributed by atoms with E-state index in [-0.39, 0.29) is 0 Å². The van der Waals surface area contributed by atoms with Crippen molar-refractivity contribution >= 4 is 10.8 Å². The Morgan fingerprint density at radius 2 is 1.78 bits per heavy atom. The van der Waals surface area contributed by atoms with Gasteiger partial charge in [0.1, 0.15) is 5.82 Å². The van der Waals surface area contributed by atoms with Gasteiger partial charge in [0, 0.05) is 58.4 Å². The summed E-state index contributed by atoms with van der Waals surface area (Å²) >= 11 is 0. The molecular formula is C18H17N3OS. The predicted molar refractivity (Wildman–Crippen MR) is 91.5 cm³/mol. The van der Waals surface area contributed by atoms with Gasteiger partial charge in [-0.1, -0.05) is 12.1 Å². The Balaban J connectivity index is 1.87. The second kappa shape index (κ2) is 5.74. The van der Waals surface area contributed by atoms with E-state index in [2.05, 4.69) is 9.55 Å². The number of hydrogen-bond acceptors (Lipinski definition) is 3. The SMILES string of the molecule is CS(=O)c1ccc(-c2nc3n(c2-c2ccncc2)CCC3)cc1. The van der Waals surface area contributed by atoms with Gasteiger partial charge in [-0.2, -0.15) is 0 Å². The van der Waals surface area contributed by atoms with Gasteiger partial charge in [0.05, 0.1) is 11.4 Å².